The van der Waals surface area contributed by atoms with Crippen LogP contribution in [0.5, 0.6) is 5.75 Å². The maximum Gasteiger partial charge on any atom is 0.308 e. The van der Waals surface area contributed by atoms with Crippen LogP contribution in [0.4, 0.5) is 0 Å². The third-order valence-electron chi connectivity index (χ3n) is 4.72. The lowest BCUT2D eigenvalue weighted by Crippen LogP contribution is -2.45. The summed E-state index contributed by atoms with van der Waals surface area (Å²) in [6.07, 6.45) is 5.30. The monoisotopic (exact) mass is 337 g/mol. The Labute approximate surface area is 142 Å². The van der Waals surface area contributed by atoms with E-state index >= 15 is 0 Å². The first-order chi connectivity index (χ1) is 11.4. The van der Waals surface area contributed by atoms with E-state index in [0.717, 1.165) is 37.1 Å². The normalized spacial score (nSPS) is 21.6. The number of aromatic nitrogens is 2. The van der Waals surface area contributed by atoms with Crippen LogP contribution in [0.15, 0.2) is 0 Å². The van der Waals surface area contributed by atoms with E-state index in [0.29, 0.717) is 18.6 Å². The summed E-state index contributed by atoms with van der Waals surface area (Å²) in [6, 6.07) is -0.324. The fourth-order valence-electron chi connectivity index (χ4n) is 3.30. The van der Waals surface area contributed by atoms with Crippen molar-refractivity contribution in [1.29, 1.82) is 0 Å². The summed E-state index contributed by atoms with van der Waals surface area (Å²) in [7, 11) is 1.82. The maximum absolute atomic E-state index is 12.2. The molecule has 1 saturated carbocycles. The van der Waals surface area contributed by atoms with Gasteiger partial charge in [-0.3, -0.25) is 14.3 Å². The second-order valence-electron chi connectivity index (χ2n) is 6.52. The summed E-state index contributed by atoms with van der Waals surface area (Å²) in [5.41, 5.74) is 1.59. The number of ether oxygens (including phenoxy) is 1. The second-order valence-corrected chi connectivity index (χ2v) is 6.52. The molecule has 7 nitrogen and oxygen atoms in total. The van der Waals surface area contributed by atoms with Gasteiger partial charge >= 0.3 is 5.97 Å². The fraction of sp³-hybridized carbons (Fsp3) is 0.706. The van der Waals surface area contributed by atoms with Crippen LogP contribution in [-0.2, 0) is 16.6 Å². The van der Waals surface area contributed by atoms with Gasteiger partial charge in [-0.05, 0) is 26.7 Å². The zero-order valence-electron chi connectivity index (χ0n) is 14.7. The van der Waals surface area contributed by atoms with Gasteiger partial charge in [0, 0.05) is 13.1 Å². The van der Waals surface area contributed by atoms with E-state index in [9.17, 15) is 14.7 Å². The highest BCUT2D eigenvalue weighted by molar-refractivity contribution is 5.79. The molecule has 1 amide bonds. The molecule has 24 heavy (non-hydrogen) atoms. The summed E-state index contributed by atoms with van der Waals surface area (Å²) in [5, 5.41) is 16.5. The van der Waals surface area contributed by atoms with Crippen molar-refractivity contribution in [2.24, 2.45) is 13.0 Å². The van der Waals surface area contributed by atoms with Crippen LogP contribution in [0, 0.1) is 19.8 Å². The van der Waals surface area contributed by atoms with Crippen molar-refractivity contribution in [1.82, 2.24) is 15.1 Å². The number of carbonyl (C=O) groups excluding carboxylic acids is 1. The topological polar surface area (TPSA) is 93.5 Å². The van der Waals surface area contributed by atoms with E-state index in [2.05, 4.69) is 10.4 Å². The molecule has 1 heterocycles. The molecular weight excluding hydrogens is 310 g/mol. The zero-order valence-corrected chi connectivity index (χ0v) is 14.7. The number of aryl methyl sites for hydroxylation is 2. The quantitative estimate of drug-likeness (QED) is 0.856. The lowest BCUT2D eigenvalue weighted by Gasteiger charge is -2.27. The van der Waals surface area contributed by atoms with E-state index in [4.69, 9.17) is 4.74 Å². The van der Waals surface area contributed by atoms with Gasteiger partial charge in [0.05, 0.1) is 11.6 Å². The number of aliphatic carboxylic acids is 1. The standard InChI is InChI=1S/C17H27N3O4/c1-11-16(12(2)20(3)19-11)24-10-15(21)18-14-9-7-5-4-6-8-13(14)17(22)23/h13-14H,4-10H2,1-3H3,(H,18,21)(H,22,23). The van der Waals surface area contributed by atoms with Crippen molar-refractivity contribution in [3.8, 4) is 5.75 Å². The smallest absolute Gasteiger partial charge is 0.308 e. The lowest BCUT2D eigenvalue weighted by atomic mass is 9.87. The minimum atomic E-state index is -0.831. The van der Waals surface area contributed by atoms with Gasteiger partial charge in [-0.25, -0.2) is 0 Å². The van der Waals surface area contributed by atoms with Crippen molar-refractivity contribution in [2.45, 2.75) is 58.4 Å². The summed E-state index contributed by atoms with van der Waals surface area (Å²) in [6.45, 7) is 3.58. The van der Waals surface area contributed by atoms with E-state index in [-0.39, 0.29) is 18.6 Å². The largest absolute Gasteiger partial charge is 0.481 e. The third kappa shape index (κ3) is 4.49. The molecule has 0 aromatic carbocycles. The van der Waals surface area contributed by atoms with E-state index in [1.54, 1.807) is 4.68 Å². The first kappa shape index (κ1) is 18.3. The molecule has 0 saturated heterocycles. The van der Waals surface area contributed by atoms with Gasteiger partial charge in [0.2, 0.25) is 0 Å². The number of carboxylic acid groups (broad SMARTS) is 1. The molecule has 2 N–H and O–H groups in total. The number of hydrogen-bond acceptors (Lipinski definition) is 4. The van der Waals surface area contributed by atoms with Crippen LogP contribution in [-0.4, -0.2) is 39.4 Å². The summed E-state index contributed by atoms with van der Waals surface area (Å²) >= 11 is 0. The molecule has 0 spiro atoms. The van der Waals surface area contributed by atoms with Gasteiger partial charge < -0.3 is 15.2 Å². The molecule has 1 aliphatic carbocycles. The Morgan fingerprint density at radius 2 is 1.92 bits per heavy atom. The highest BCUT2D eigenvalue weighted by atomic mass is 16.5. The number of hydrogen-bond donors (Lipinski definition) is 2. The lowest BCUT2D eigenvalue weighted by molar-refractivity contribution is -0.143. The van der Waals surface area contributed by atoms with E-state index < -0.39 is 11.9 Å². The Kier molecular flexibility index (Phi) is 6.23. The second kappa shape index (κ2) is 8.17. The van der Waals surface area contributed by atoms with E-state index in [1.807, 2.05) is 20.9 Å². The minimum absolute atomic E-state index is 0.129. The number of rotatable bonds is 5. The number of carbonyl (C=O) groups is 2. The average Bonchev–Trinajstić information content (AvgIpc) is 2.72. The molecule has 2 rings (SSSR count). The highest BCUT2D eigenvalue weighted by Crippen LogP contribution is 2.24. The molecule has 1 fully saturated rings. The molecule has 1 aromatic heterocycles. The predicted molar refractivity (Wildman–Crippen MR) is 88.9 cm³/mol. The number of amides is 1. The predicted octanol–water partition coefficient (Wildman–Crippen LogP) is 1.96. The van der Waals surface area contributed by atoms with Crippen LogP contribution in [0.3, 0.4) is 0 Å². The van der Waals surface area contributed by atoms with Crippen LogP contribution < -0.4 is 10.1 Å². The summed E-state index contributed by atoms with van der Waals surface area (Å²) in [5.74, 6) is -1.02. The van der Waals surface area contributed by atoms with Crippen LogP contribution in [0.1, 0.15) is 49.9 Å². The molecule has 2 unspecified atom stereocenters. The zero-order chi connectivity index (χ0) is 17.7. The van der Waals surface area contributed by atoms with Crippen molar-refractivity contribution >= 4 is 11.9 Å². The number of carboxylic acids is 1. The Morgan fingerprint density at radius 1 is 1.25 bits per heavy atom. The summed E-state index contributed by atoms with van der Waals surface area (Å²) in [4.78, 5) is 23.7. The van der Waals surface area contributed by atoms with Crippen LogP contribution in [0.25, 0.3) is 0 Å². The third-order valence-corrected chi connectivity index (χ3v) is 4.72. The van der Waals surface area contributed by atoms with Gasteiger partial charge in [-0.2, -0.15) is 5.10 Å². The summed E-state index contributed by atoms with van der Waals surface area (Å²) < 4.78 is 7.31. The van der Waals surface area contributed by atoms with Crippen molar-refractivity contribution in [2.75, 3.05) is 6.61 Å². The Hall–Kier alpha value is -2.05. The molecular formula is C17H27N3O4. The SMILES string of the molecule is Cc1nn(C)c(C)c1OCC(=O)NC1CCCCCCC1C(=O)O. The molecule has 7 heteroatoms. The molecule has 0 bridgehead atoms. The van der Waals surface area contributed by atoms with Crippen LogP contribution >= 0.6 is 0 Å². The first-order valence-electron chi connectivity index (χ1n) is 8.55. The first-order valence-corrected chi connectivity index (χ1v) is 8.55. The molecule has 134 valence electrons. The minimum Gasteiger partial charge on any atom is -0.481 e. The maximum atomic E-state index is 12.2. The van der Waals surface area contributed by atoms with Crippen molar-refractivity contribution in [3.05, 3.63) is 11.4 Å². The molecule has 1 aromatic rings. The average molecular weight is 337 g/mol. The van der Waals surface area contributed by atoms with Crippen molar-refractivity contribution in [3.63, 3.8) is 0 Å². The molecule has 0 radical (unpaired) electrons. The van der Waals surface area contributed by atoms with Gasteiger partial charge in [0.15, 0.2) is 12.4 Å². The van der Waals surface area contributed by atoms with E-state index in [1.165, 1.54) is 0 Å². The van der Waals surface area contributed by atoms with Crippen LogP contribution in [0.2, 0.25) is 0 Å². The Balaban J connectivity index is 1.94. The Bertz CT molecular complexity index is 597. The number of nitrogens with zero attached hydrogens (tertiary/aromatic N) is 2. The van der Waals surface area contributed by atoms with Gasteiger partial charge in [-0.1, -0.05) is 25.7 Å². The van der Waals surface area contributed by atoms with Gasteiger partial charge in [0.1, 0.15) is 5.69 Å². The number of nitrogens with one attached hydrogen (secondary N) is 1. The van der Waals surface area contributed by atoms with Gasteiger partial charge in [0.25, 0.3) is 5.91 Å². The van der Waals surface area contributed by atoms with Gasteiger partial charge in [-0.15, -0.1) is 0 Å². The Morgan fingerprint density at radius 3 is 2.50 bits per heavy atom. The molecule has 1 aliphatic rings. The molecule has 0 aliphatic heterocycles. The molecule has 2 atom stereocenters. The fourth-order valence-corrected chi connectivity index (χ4v) is 3.30. The highest BCUT2D eigenvalue weighted by Gasteiger charge is 2.30. The van der Waals surface area contributed by atoms with Crippen molar-refractivity contribution < 1.29 is 19.4 Å².